The highest BCUT2D eigenvalue weighted by molar-refractivity contribution is 6.04. The Hall–Kier alpha value is -3.08. The minimum absolute atomic E-state index is 0.173. The molecule has 0 radical (unpaired) electrons. The lowest BCUT2D eigenvalue weighted by molar-refractivity contribution is 0.102. The number of anilines is 2. The van der Waals surface area contributed by atoms with Gasteiger partial charge in [0.25, 0.3) is 5.91 Å². The van der Waals surface area contributed by atoms with Gasteiger partial charge in [-0.2, -0.15) is 5.10 Å². The summed E-state index contributed by atoms with van der Waals surface area (Å²) in [7, 11) is 0. The van der Waals surface area contributed by atoms with Crippen LogP contribution in [0.5, 0.6) is 0 Å². The molecule has 0 spiro atoms. The maximum atomic E-state index is 13.0. The Morgan fingerprint density at radius 1 is 1.07 bits per heavy atom. The zero-order chi connectivity index (χ0) is 19.0. The third-order valence-electron chi connectivity index (χ3n) is 5.18. The van der Waals surface area contributed by atoms with Crippen LogP contribution < -0.4 is 11.1 Å². The summed E-state index contributed by atoms with van der Waals surface area (Å²) in [5, 5.41) is 7.71. The number of hydrogen-bond donors (Lipinski definition) is 2. The first-order chi connectivity index (χ1) is 13.0. The number of nitrogens with zero attached hydrogens (tertiary/aromatic N) is 2. The monoisotopic (exact) mass is 360 g/mol. The van der Waals surface area contributed by atoms with Gasteiger partial charge in [-0.1, -0.05) is 23.8 Å². The van der Waals surface area contributed by atoms with Crippen molar-refractivity contribution in [3.05, 3.63) is 70.5 Å². The highest BCUT2D eigenvalue weighted by Crippen LogP contribution is 2.28. The number of nitrogens with one attached hydrogen (secondary N) is 1. The van der Waals surface area contributed by atoms with Gasteiger partial charge in [-0.25, -0.2) is 4.68 Å². The second-order valence-electron chi connectivity index (χ2n) is 7.26. The Morgan fingerprint density at radius 2 is 1.81 bits per heavy atom. The van der Waals surface area contributed by atoms with E-state index in [1.54, 1.807) is 6.07 Å². The lowest BCUT2D eigenvalue weighted by Gasteiger charge is -2.14. The van der Waals surface area contributed by atoms with E-state index in [0.717, 1.165) is 53.9 Å². The van der Waals surface area contributed by atoms with Gasteiger partial charge in [0.2, 0.25) is 0 Å². The molecule has 0 fully saturated rings. The third kappa shape index (κ3) is 3.33. The van der Waals surface area contributed by atoms with E-state index in [0.29, 0.717) is 11.4 Å². The number of aryl methyl sites for hydroxylation is 2. The topological polar surface area (TPSA) is 72.9 Å². The highest BCUT2D eigenvalue weighted by Gasteiger charge is 2.25. The first-order valence-electron chi connectivity index (χ1n) is 9.38. The van der Waals surface area contributed by atoms with Gasteiger partial charge >= 0.3 is 0 Å². The van der Waals surface area contributed by atoms with Crippen LogP contribution in [0.4, 0.5) is 11.4 Å². The molecule has 0 unspecified atom stereocenters. The quantitative estimate of drug-likeness (QED) is 0.688. The lowest BCUT2D eigenvalue weighted by Crippen LogP contribution is -2.16. The number of nitrogens with two attached hydrogens (primary N) is 1. The average Bonchev–Trinajstić information content (AvgIpc) is 3.05. The van der Waals surface area contributed by atoms with Crippen LogP contribution in [0.15, 0.2) is 42.5 Å². The molecule has 4 rings (SSSR count). The molecule has 0 aliphatic heterocycles. The first-order valence-corrected chi connectivity index (χ1v) is 9.38. The Balaban J connectivity index is 1.73. The van der Waals surface area contributed by atoms with Crippen molar-refractivity contribution in [2.75, 3.05) is 11.1 Å². The van der Waals surface area contributed by atoms with E-state index in [4.69, 9.17) is 10.8 Å². The van der Waals surface area contributed by atoms with Gasteiger partial charge in [-0.05, 0) is 69.4 Å². The van der Waals surface area contributed by atoms with Crippen LogP contribution in [0.3, 0.4) is 0 Å². The van der Waals surface area contributed by atoms with E-state index in [1.807, 2.05) is 23.7 Å². The Morgan fingerprint density at radius 3 is 2.59 bits per heavy atom. The van der Waals surface area contributed by atoms with Gasteiger partial charge in [0.15, 0.2) is 5.69 Å². The van der Waals surface area contributed by atoms with E-state index in [-0.39, 0.29) is 5.91 Å². The van der Waals surface area contributed by atoms with Gasteiger partial charge in [0.05, 0.1) is 5.69 Å². The smallest absolute Gasteiger partial charge is 0.276 e. The summed E-state index contributed by atoms with van der Waals surface area (Å²) in [5.74, 6) is -0.173. The molecule has 0 saturated carbocycles. The summed E-state index contributed by atoms with van der Waals surface area (Å²) in [6, 6.07) is 13.8. The van der Waals surface area contributed by atoms with E-state index in [2.05, 4.69) is 36.5 Å². The highest BCUT2D eigenvalue weighted by atomic mass is 16.2. The van der Waals surface area contributed by atoms with Gasteiger partial charge in [-0.3, -0.25) is 4.79 Å². The van der Waals surface area contributed by atoms with E-state index in [1.165, 1.54) is 5.56 Å². The number of rotatable bonds is 3. The predicted octanol–water partition coefficient (Wildman–Crippen LogP) is 4.20. The number of carbonyl (C=O) groups is 1. The van der Waals surface area contributed by atoms with E-state index < -0.39 is 0 Å². The molecule has 1 aromatic heterocycles. The molecule has 0 bridgehead atoms. The molecule has 1 heterocycles. The Bertz CT molecular complexity index is 1000. The Kier molecular flexibility index (Phi) is 4.44. The predicted molar refractivity (Wildman–Crippen MR) is 108 cm³/mol. The second kappa shape index (κ2) is 6.91. The fourth-order valence-corrected chi connectivity index (χ4v) is 3.64. The minimum Gasteiger partial charge on any atom is -0.399 e. The summed E-state index contributed by atoms with van der Waals surface area (Å²) in [6.45, 7) is 4.02. The molecule has 1 aliphatic rings. The molecular weight excluding hydrogens is 336 g/mol. The lowest BCUT2D eigenvalue weighted by atomic mass is 9.95. The number of amides is 1. The molecule has 1 aliphatic carbocycles. The summed E-state index contributed by atoms with van der Waals surface area (Å²) in [4.78, 5) is 13.0. The van der Waals surface area contributed by atoms with Crippen LogP contribution in [0.2, 0.25) is 0 Å². The minimum atomic E-state index is -0.173. The standard InChI is InChI=1S/C22H24N4O/c1-14-7-11-17(12-8-14)26-20-6-4-3-5-18(20)21(25-26)22(27)24-19-13-16(23)10-9-15(19)2/h7-13H,3-6,23H2,1-2H3,(H,24,27). The van der Waals surface area contributed by atoms with Gasteiger partial charge in [0.1, 0.15) is 0 Å². The molecule has 0 atom stereocenters. The van der Waals surface area contributed by atoms with Crippen molar-refractivity contribution in [2.45, 2.75) is 39.5 Å². The van der Waals surface area contributed by atoms with Crippen LogP contribution in [-0.2, 0) is 12.8 Å². The van der Waals surface area contributed by atoms with Gasteiger partial charge in [0, 0.05) is 22.6 Å². The van der Waals surface area contributed by atoms with Crippen LogP contribution in [-0.4, -0.2) is 15.7 Å². The van der Waals surface area contributed by atoms with Crippen LogP contribution >= 0.6 is 0 Å². The zero-order valence-electron chi connectivity index (χ0n) is 15.7. The average molecular weight is 360 g/mol. The van der Waals surface area contributed by atoms with Crippen molar-refractivity contribution in [1.82, 2.24) is 9.78 Å². The SMILES string of the molecule is Cc1ccc(-n2nc(C(=O)Nc3cc(N)ccc3C)c3c2CCCC3)cc1. The van der Waals surface area contributed by atoms with Crippen LogP contribution in [0, 0.1) is 13.8 Å². The van der Waals surface area contributed by atoms with Gasteiger partial charge < -0.3 is 11.1 Å². The molecule has 27 heavy (non-hydrogen) atoms. The molecule has 5 heteroatoms. The van der Waals surface area contributed by atoms with E-state index >= 15 is 0 Å². The molecule has 2 aromatic carbocycles. The molecule has 1 amide bonds. The molecule has 3 aromatic rings. The molecule has 138 valence electrons. The maximum Gasteiger partial charge on any atom is 0.276 e. The van der Waals surface area contributed by atoms with Crippen molar-refractivity contribution in [2.24, 2.45) is 0 Å². The maximum absolute atomic E-state index is 13.0. The second-order valence-corrected chi connectivity index (χ2v) is 7.26. The number of fused-ring (bicyclic) bond motifs is 1. The number of carbonyl (C=O) groups excluding carboxylic acids is 1. The number of aromatic nitrogens is 2. The summed E-state index contributed by atoms with van der Waals surface area (Å²) in [6.07, 6.45) is 4.05. The first kappa shape index (κ1) is 17.3. The number of benzene rings is 2. The van der Waals surface area contributed by atoms with Crippen molar-refractivity contribution in [1.29, 1.82) is 0 Å². The van der Waals surface area contributed by atoms with Crippen LogP contribution in [0.25, 0.3) is 5.69 Å². The van der Waals surface area contributed by atoms with Crippen molar-refractivity contribution in [3.63, 3.8) is 0 Å². The molecule has 0 saturated heterocycles. The van der Waals surface area contributed by atoms with Crippen molar-refractivity contribution >= 4 is 17.3 Å². The van der Waals surface area contributed by atoms with Crippen LogP contribution in [0.1, 0.15) is 45.7 Å². The van der Waals surface area contributed by atoms with E-state index in [9.17, 15) is 4.79 Å². The summed E-state index contributed by atoms with van der Waals surface area (Å²) >= 11 is 0. The molecule has 3 N–H and O–H groups in total. The van der Waals surface area contributed by atoms with Gasteiger partial charge in [-0.15, -0.1) is 0 Å². The third-order valence-corrected chi connectivity index (χ3v) is 5.18. The molecular formula is C22H24N4O. The summed E-state index contributed by atoms with van der Waals surface area (Å²) in [5.41, 5.74) is 13.2. The Labute approximate surface area is 159 Å². The largest absolute Gasteiger partial charge is 0.399 e. The number of hydrogen-bond acceptors (Lipinski definition) is 3. The zero-order valence-corrected chi connectivity index (χ0v) is 15.7. The fourth-order valence-electron chi connectivity index (χ4n) is 3.64. The van der Waals surface area contributed by atoms with Crippen molar-refractivity contribution in [3.8, 4) is 5.69 Å². The summed E-state index contributed by atoms with van der Waals surface area (Å²) < 4.78 is 1.94. The normalized spacial score (nSPS) is 13.3. The van der Waals surface area contributed by atoms with Crippen molar-refractivity contribution < 1.29 is 4.79 Å². The number of nitrogen functional groups attached to an aromatic ring is 1. The fraction of sp³-hybridized carbons (Fsp3) is 0.273. The molecule has 5 nitrogen and oxygen atoms in total.